The van der Waals surface area contributed by atoms with Gasteiger partial charge in [0.2, 0.25) is 0 Å². The van der Waals surface area contributed by atoms with E-state index in [2.05, 4.69) is 12.6 Å². The molecule has 90 valence electrons. The molecule has 0 bridgehead atoms. The summed E-state index contributed by atoms with van der Waals surface area (Å²) < 4.78 is 9.84. The van der Waals surface area contributed by atoms with Crippen molar-refractivity contribution in [3.8, 4) is 0 Å². The summed E-state index contributed by atoms with van der Waals surface area (Å²) in [6.45, 7) is -0.446. The third kappa shape index (κ3) is 3.23. The van der Waals surface area contributed by atoms with Crippen LogP contribution in [0.4, 0.5) is 0 Å². The van der Waals surface area contributed by atoms with Crippen LogP contribution in [0.2, 0.25) is 0 Å². The number of hydrogen-bond acceptors (Lipinski definition) is 8. The number of aliphatic hydroxyl groups is 3. The molecule has 9 heteroatoms. The normalized spacial score (nSPS) is 44.0. The summed E-state index contributed by atoms with van der Waals surface area (Å²) in [7, 11) is -2.18. The highest BCUT2D eigenvalue weighted by atomic mass is 32.1. The van der Waals surface area contributed by atoms with E-state index >= 15 is 0 Å². The second-order valence-electron chi connectivity index (χ2n) is 3.10. The number of thiol groups is 1. The molecule has 1 heterocycles. The lowest BCUT2D eigenvalue weighted by Gasteiger charge is -2.40. The first-order valence-corrected chi connectivity index (χ1v) is 5.98. The lowest BCUT2D eigenvalue weighted by Crippen LogP contribution is -2.57. The molecule has 6 atom stereocenters. The molecular formula is C6H14NO6PS. The SMILES string of the molecule is NP(O)O[C@H]1C(S)O[C@H](CO)[C@@H](O)[C@@H]1O. The largest absolute Gasteiger partial charge is 0.394 e. The highest BCUT2D eigenvalue weighted by Crippen LogP contribution is 2.33. The molecule has 15 heavy (non-hydrogen) atoms. The van der Waals surface area contributed by atoms with Crippen molar-refractivity contribution in [1.29, 1.82) is 0 Å². The maximum atomic E-state index is 9.59. The van der Waals surface area contributed by atoms with Gasteiger partial charge in [-0.15, -0.1) is 12.6 Å². The van der Waals surface area contributed by atoms with Gasteiger partial charge in [-0.3, -0.25) is 5.50 Å². The Morgan fingerprint density at radius 2 is 2.00 bits per heavy atom. The van der Waals surface area contributed by atoms with Crippen molar-refractivity contribution in [3.05, 3.63) is 0 Å². The lowest BCUT2D eigenvalue weighted by molar-refractivity contribution is -0.198. The molecule has 0 amide bonds. The Morgan fingerprint density at radius 3 is 2.47 bits per heavy atom. The Labute approximate surface area is 93.2 Å². The average molecular weight is 259 g/mol. The van der Waals surface area contributed by atoms with Gasteiger partial charge in [0.05, 0.1) is 6.61 Å². The number of nitrogens with two attached hydrogens (primary N) is 1. The Balaban J connectivity index is 2.66. The maximum Gasteiger partial charge on any atom is 0.250 e. The standard InChI is InChI=1S/C6H14NO6PS/c7-14(11)13-5-4(10)3(9)2(1-8)12-6(5)15/h2-6,8-11,15H,1,7H2/t2-,3-,4+,5-,6?,14?/m1/s1. The Kier molecular flexibility index (Phi) is 5.17. The second-order valence-corrected chi connectivity index (χ2v) is 4.43. The van der Waals surface area contributed by atoms with E-state index in [4.69, 9.17) is 24.8 Å². The van der Waals surface area contributed by atoms with Gasteiger partial charge in [0.1, 0.15) is 29.9 Å². The Morgan fingerprint density at radius 1 is 1.40 bits per heavy atom. The van der Waals surface area contributed by atoms with Crippen molar-refractivity contribution in [1.82, 2.24) is 0 Å². The van der Waals surface area contributed by atoms with E-state index < -0.39 is 45.0 Å². The smallest absolute Gasteiger partial charge is 0.250 e. The fourth-order valence-electron chi connectivity index (χ4n) is 1.31. The maximum absolute atomic E-state index is 9.59. The monoisotopic (exact) mass is 259 g/mol. The molecule has 1 aliphatic heterocycles. The van der Waals surface area contributed by atoms with Crippen LogP contribution in [0.15, 0.2) is 0 Å². The van der Waals surface area contributed by atoms with E-state index in [0.717, 1.165) is 0 Å². The summed E-state index contributed by atoms with van der Waals surface area (Å²) in [5.41, 5.74) is 4.15. The van der Waals surface area contributed by atoms with Crippen LogP contribution in [0.1, 0.15) is 0 Å². The van der Waals surface area contributed by atoms with Crippen LogP contribution in [0, 0.1) is 0 Å². The third-order valence-corrected chi connectivity index (χ3v) is 2.95. The number of ether oxygens (including phenoxy) is 1. The zero-order valence-corrected chi connectivity index (χ0v) is 9.46. The molecular weight excluding hydrogens is 245 g/mol. The molecule has 0 aromatic rings. The molecule has 1 fully saturated rings. The molecule has 1 rings (SSSR count). The topological polar surface area (TPSA) is 125 Å². The van der Waals surface area contributed by atoms with Crippen molar-refractivity contribution in [2.75, 3.05) is 6.61 Å². The summed E-state index contributed by atoms with van der Waals surface area (Å²) in [5, 5.41) is 27.9. The van der Waals surface area contributed by atoms with Gasteiger partial charge in [0.15, 0.2) is 0 Å². The van der Waals surface area contributed by atoms with Crippen LogP contribution < -0.4 is 5.50 Å². The van der Waals surface area contributed by atoms with E-state index in [-0.39, 0.29) is 0 Å². The van der Waals surface area contributed by atoms with Gasteiger partial charge in [0.25, 0.3) is 8.53 Å². The van der Waals surface area contributed by atoms with Gasteiger partial charge in [-0.1, -0.05) is 0 Å². The minimum atomic E-state index is -2.18. The summed E-state index contributed by atoms with van der Waals surface area (Å²) >= 11 is 3.96. The van der Waals surface area contributed by atoms with Crippen LogP contribution in [0.25, 0.3) is 0 Å². The summed E-state index contributed by atoms with van der Waals surface area (Å²) in [6, 6.07) is 0. The van der Waals surface area contributed by atoms with Crippen molar-refractivity contribution in [2.24, 2.45) is 5.50 Å². The van der Waals surface area contributed by atoms with Crippen LogP contribution in [0.3, 0.4) is 0 Å². The summed E-state index contributed by atoms with van der Waals surface area (Å²) in [4.78, 5) is 8.84. The van der Waals surface area contributed by atoms with Gasteiger partial charge in [-0.25, -0.2) is 0 Å². The first kappa shape index (κ1) is 13.6. The molecule has 0 aromatic carbocycles. The summed E-state index contributed by atoms with van der Waals surface area (Å²) in [5.74, 6) is 0. The predicted octanol–water partition coefficient (Wildman–Crippen LogP) is -2.08. The molecule has 1 aliphatic rings. The van der Waals surface area contributed by atoms with Crippen LogP contribution in [0.5, 0.6) is 0 Å². The fraction of sp³-hybridized carbons (Fsp3) is 1.00. The van der Waals surface area contributed by atoms with Gasteiger partial charge in [-0.2, -0.15) is 0 Å². The van der Waals surface area contributed by atoms with E-state index in [1.807, 2.05) is 0 Å². The van der Waals surface area contributed by atoms with E-state index in [1.165, 1.54) is 0 Å². The quantitative estimate of drug-likeness (QED) is 0.254. The fourth-order valence-corrected chi connectivity index (χ4v) is 2.28. The van der Waals surface area contributed by atoms with Crippen molar-refractivity contribution in [3.63, 3.8) is 0 Å². The molecule has 6 N–H and O–H groups in total. The van der Waals surface area contributed by atoms with E-state index in [9.17, 15) is 10.2 Å². The molecule has 7 nitrogen and oxygen atoms in total. The number of aliphatic hydroxyl groups excluding tert-OH is 3. The minimum Gasteiger partial charge on any atom is -0.394 e. The molecule has 0 saturated carbocycles. The number of hydrogen-bond donors (Lipinski definition) is 6. The van der Waals surface area contributed by atoms with Crippen molar-refractivity contribution < 1.29 is 29.5 Å². The molecule has 1 saturated heterocycles. The molecule has 2 unspecified atom stereocenters. The number of rotatable bonds is 3. The van der Waals surface area contributed by atoms with Crippen LogP contribution >= 0.6 is 21.2 Å². The molecule has 0 aliphatic carbocycles. The first-order valence-electron chi connectivity index (χ1n) is 4.18. The lowest BCUT2D eigenvalue weighted by atomic mass is 10.0. The van der Waals surface area contributed by atoms with E-state index in [0.29, 0.717) is 0 Å². The molecule has 0 radical (unpaired) electrons. The highest BCUT2D eigenvalue weighted by Gasteiger charge is 2.44. The van der Waals surface area contributed by atoms with Crippen LogP contribution in [-0.2, 0) is 9.26 Å². The zero-order chi connectivity index (χ0) is 11.6. The Bertz CT molecular complexity index is 210. The highest BCUT2D eigenvalue weighted by molar-refractivity contribution is 7.80. The molecule has 0 spiro atoms. The van der Waals surface area contributed by atoms with Gasteiger partial charge in [0, 0.05) is 0 Å². The third-order valence-electron chi connectivity index (χ3n) is 2.07. The Hall–Kier alpha value is 0.500. The first-order chi connectivity index (χ1) is 6.97. The van der Waals surface area contributed by atoms with E-state index in [1.54, 1.807) is 0 Å². The van der Waals surface area contributed by atoms with Gasteiger partial charge in [-0.05, 0) is 0 Å². The van der Waals surface area contributed by atoms with Crippen molar-refractivity contribution in [2.45, 2.75) is 29.9 Å². The van der Waals surface area contributed by atoms with Crippen molar-refractivity contribution >= 4 is 21.2 Å². The van der Waals surface area contributed by atoms with Gasteiger partial charge < -0.3 is 29.5 Å². The molecule has 0 aromatic heterocycles. The average Bonchev–Trinajstić information content (AvgIpc) is 2.18. The van der Waals surface area contributed by atoms with Gasteiger partial charge >= 0.3 is 0 Å². The predicted molar refractivity (Wildman–Crippen MR) is 54.9 cm³/mol. The zero-order valence-electron chi connectivity index (χ0n) is 7.67. The second kappa shape index (κ2) is 5.72. The summed E-state index contributed by atoms with van der Waals surface area (Å²) in [6.07, 6.45) is -4.59. The minimum absolute atomic E-state index is 0.446. The van der Waals surface area contributed by atoms with Crippen LogP contribution in [-0.4, -0.2) is 56.7 Å².